The molecule has 2 bridgehead atoms. The van der Waals surface area contributed by atoms with Crippen molar-refractivity contribution in [1.82, 2.24) is 19.9 Å². The van der Waals surface area contributed by atoms with Gasteiger partial charge in [0.2, 0.25) is 0 Å². The molecule has 2 atom stereocenters. The predicted octanol–water partition coefficient (Wildman–Crippen LogP) is 5.86. The lowest BCUT2D eigenvalue weighted by Crippen LogP contribution is -2.39. The number of benzene rings is 2. The highest BCUT2D eigenvalue weighted by molar-refractivity contribution is 7.80. The highest BCUT2D eigenvalue weighted by atomic mass is 32.1. The number of fused-ring (bicyclic) bond motifs is 6. The van der Waals surface area contributed by atoms with Crippen LogP contribution in [0.4, 0.5) is 5.69 Å². The van der Waals surface area contributed by atoms with Crippen LogP contribution in [-0.2, 0) is 0 Å². The van der Waals surface area contributed by atoms with Crippen molar-refractivity contribution in [2.24, 2.45) is 10.8 Å². The third-order valence-electron chi connectivity index (χ3n) is 7.03. The van der Waals surface area contributed by atoms with E-state index in [0.717, 1.165) is 50.4 Å². The minimum atomic E-state index is 0.357. The van der Waals surface area contributed by atoms with E-state index in [-0.39, 0.29) is 0 Å². The van der Waals surface area contributed by atoms with E-state index in [4.69, 9.17) is 22.2 Å². The van der Waals surface area contributed by atoms with Crippen molar-refractivity contribution in [2.75, 3.05) is 11.9 Å². The van der Waals surface area contributed by atoms with Crippen molar-refractivity contribution in [3.05, 3.63) is 42.5 Å². The van der Waals surface area contributed by atoms with E-state index in [9.17, 15) is 0 Å². The lowest BCUT2D eigenvalue weighted by molar-refractivity contribution is 0.132. The fourth-order valence-electron chi connectivity index (χ4n) is 6.22. The predicted molar refractivity (Wildman–Crippen MR) is 131 cm³/mol. The van der Waals surface area contributed by atoms with Crippen LogP contribution in [0.25, 0.3) is 33.1 Å². The van der Waals surface area contributed by atoms with Crippen LogP contribution in [0.1, 0.15) is 40.0 Å². The van der Waals surface area contributed by atoms with Gasteiger partial charge in [0.15, 0.2) is 10.8 Å². The Morgan fingerprint density at radius 2 is 1.87 bits per heavy atom. The number of nitrogens with one attached hydrogen (secondary N) is 2. The zero-order chi connectivity index (χ0) is 21.4. The summed E-state index contributed by atoms with van der Waals surface area (Å²) in [5.41, 5.74) is 6.29. The molecule has 4 aromatic rings. The molecule has 0 radical (unpaired) electrons. The molecule has 1 aliphatic carbocycles. The van der Waals surface area contributed by atoms with E-state index in [1.807, 2.05) is 24.3 Å². The van der Waals surface area contributed by atoms with Gasteiger partial charge in [0.25, 0.3) is 0 Å². The van der Waals surface area contributed by atoms with Crippen LogP contribution in [0.2, 0.25) is 0 Å². The number of hydrogen-bond acceptors (Lipinski definition) is 3. The number of hydrogen-bond donors (Lipinski definition) is 2. The Labute approximate surface area is 187 Å². The van der Waals surface area contributed by atoms with E-state index in [0.29, 0.717) is 16.9 Å². The van der Waals surface area contributed by atoms with Gasteiger partial charge in [0.1, 0.15) is 5.52 Å². The topological polar surface area (TPSA) is 56.8 Å². The molecule has 31 heavy (non-hydrogen) atoms. The summed E-state index contributed by atoms with van der Waals surface area (Å²) < 4.78 is 0. The summed E-state index contributed by atoms with van der Waals surface area (Å²) in [5, 5.41) is 5.42. The van der Waals surface area contributed by atoms with Crippen molar-refractivity contribution < 1.29 is 0 Å². The Bertz CT molecular complexity index is 1360. The van der Waals surface area contributed by atoms with E-state index in [2.05, 4.69) is 54.2 Å². The third-order valence-corrected chi connectivity index (χ3v) is 7.36. The fraction of sp³-hybridized carbons (Fsp3) is 0.400. The summed E-state index contributed by atoms with van der Waals surface area (Å²) in [7, 11) is 0. The van der Waals surface area contributed by atoms with Crippen LogP contribution in [-0.4, -0.2) is 37.6 Å². The van der Waals surface area contributed by atoms with Crippen molar-refractivity contribution in [3.63, 3.8) is 0 Å². The Morgan fingerprint density at radius 1 is 1.10 bits per heavy atom. The van der Waals surface area contributed by atoms with Crippen LogP contribution in [0.5, 0.6) is 0 Å². The molecule has 3 heterocycles. The van der Waals surface area contributed by atoms with Crippen molar-refractivity contribution in [1.29, 1.82) is 0 Å². The van der Waals surface area contributed by atoms with Crippen molar-refractivity contribution in [2.45, 2.75) is 46.1 Å². The first-order chi connectivity index (χ1) is 14.8. The average Bonchev–Trinajstić information content (AvgIpc) is 3.18. The Kier molecular flexibility index (Phi) is 3.91. The van der Waals surface area contributed by atoms with Crippen molar-refractivity contribution >= 4 is 56.1 Å². The van der Waals surface area contributed by atoms with Gasteiger partial charge in [0.05, 0.1) is 11.0 Å². The molecule has 5 nitrogen and oxygen atoms in total. The van der Waals surface area contributed by atoms with Crippen LogP contribution in [0.15, 0.2) is 42.5 Å². The molecule has 2 N–H and O–H groups in total. The van der Waals surface area contributed by atoms with Crippen molar-refractivity contribution in [3.8, 4) is 0 Å². The van der Waals surface area contributed by atoms with Gasteiger partial charge in [-0.15, -0.1) is 0 Å². The standard InChI is InChI=1S/C25H27N5S/c1-24(2)11-16-12-25(3,13-24)14-30(16)23(31)26-15-8-9-18-17(10-15)21-22(28-18)29-20-7-5-4-6-19(20)27-21/h4-10,16H,11-14H2,1-3H3,(H,26,31)(H,28,29). The van der Waals surface area contributed by atoms with Gasteiger partial charge in [-0.2, -0.15) is 0 Å². The summed E-state index contributed by atoms with van der Waals surface area (Å²) in [6.07, 6.45) is 3.71. The van der Waals surface area contributed by atoms with Gasteiger partial charge in [0, 0.05) is 29.2 Å². The molecule has 0 spiro atoms. The quantitative estimate of drug-likeness (QED) is 0.371. The summed E-state index contributed by atoms with van der Waals surface area (Å²) in [6, 6.07) is 14.8. The molecule has 158 valence electrons. The maximum atomic E-state index is 5.88. The molecular weight excluding hydrogens is 402 g/mol. The lowest BCUT2D eigenvalue weighted by Gasteiger charge is -2.39. The van der Waals surface area contributed by atoms with Crippen LogP contribution in [0, 0.1) is 10.8 Å². The Balaban J connectivity index is 1.33. The maximum absolute atomic E-state index is 5.88. The number of thiocarbonyl (C=S) groups is 1. The first-order valence-corrected chi connectivity index (χ1v) is 11.5. The zero-order valence-electron chi connectivity index (χ0n) is 18.2. The fourth-order valence-corrected chi connectivity index (χ4v) is 6.55. The lowest BCUT2D eigenvalue weighted by atomic mass is 9.65. The molecule has 1 aliphatic heterocycles. The van der Waals surface area contributed by atoms with Gasteiger partial charge < -0.3 is 15.2 Å². The summed E-state index contributed by atoms with van der Waals surface area (Å²) >= 11 is 5.88. The van der Waals surface area contributed by atoms with E-state index in [1.165, 1.54) is 19.3 Å². The highest BCUT2D eigenvalue weighted by Crippen LogP contribution is 2.52. The minimum Gasteiger partial charge on any atom is -0.345 e. The maximum Gasteiger partial charge on any atom is 0.173 e. The number of rotatable bonds is 1. The highest BCUT2D eigenvalue weighted by Gasteiger charge is 2.50. The number of para-hydroxylation sites is 2. The molecule has 2 fully saturated rings. The second kappa shape index (κ2) is 6.39. The summed E-state index contributed by atoms with van der Waals surface area (Å²) in [4.78, 5) is 15.5. The molecule has 6 heteroatoms. The normalized spacial score (nSPS) is 24.9. The second-order valence-electron chi connectivity index (χ2n) is 10.6. The van der Waals surface area contributed by atoms with Crippen LogP contribution < -0.4 is 5.32 Å². The van der Waals surface area contributed by atoms with Gasteiger partial charge in [-0.25, -0.2) is 9.97 Å². The second-order valence-corrected chi connectivity index (χ2v) is 11.0. The largest absolute Gasteiger partial charge is 0.345 e. The van der Waals surface area contributed by atoms with Gasteiger partial charge >= 0.3 is 0 Å². The van der Waals surface area contributed by atoms with Gasteiger partial charge in [-0.1, -0.05) is 32.9 Å². The van der Waals surface area contributed by atoms with E-state index < -0.39 is 0 Å². The smallest absolute Gasteiger partial charge is 0.173 e. The summed E-state index contributed by atoms with van der Waals surface area (Å²) in [6.45, 7) is 8.25. The van der Waals surface area contributed by atoms with Crippen LogP contribution >= 0.6 is 12.2 Å². The number of anilines is 1. The summed E-state index contributed by atoms with van der Waals surface area (Å²) in [5.74, 6) is 0. The number of H-pyrrole nitrogens is 1. The number of nitrogens with zero attached hydrogens (tertiary/aromatic N) is 3. The van der Waals surface area contributed by atoms with E-state index >= 15 is 0 Å². The number of aromatic amines is 1. The molecule has 2 unspecified atom stereocenters. The average molecular weight is 430 g/mol. The van der Waals surface area contributed by atoms with Gasteiger partial charge in [-0.3, -0.25) is 0 Å². The molecule has 1 saturated heterocycles. The molecule has 1 saturated carbocycles. The zero-order valence-corrected chi connectivity index (χ0v) is 19.0. The number of likely N-dealkylation sites (tertiary alicyclic amines) is 1. The minimum absolute atomic E-state index is 0.357. The molecular formula is C25H27N5S. The Morgan fingerprint density at radius 3 is 2.68 bits per heavy atom. The molecule has 0 amide bonds. The molecule has 2 aromatic carbocycles. The van der Waals surface area contributed by atoms with Crippen LogP contribution in [0.3, 0.4) is 0 Å². The third kappa shape index (κ3) is 3.16. The molecule has 6 rings (SSSR count). The Hall–Kier alpha value is -2.73. The number of aromatic nitrogens is 3. The molecule has 2 aliphatic rings. The SMILES string of the molecule is CC1(C)CC2CC(C)(CN2C(=S)Nc2ccc3[nH]c4nc5ccccc5nc4c3c2)C1. The van der Waals surface area contributed by atoms with Gasteiger partial charge in [-0.05, 0) is 72.6 Å². The molecule has 2 aromatic heterocycles. The first kappa shape index (κ1) is 19.0. The van der Waals surface area contributed by atoms with E-state index in [1.54, 1.807) is 0 Å². The first-order valence-electron chi connectivity index (χ1n) is 11.0. The monoisotopic (exact) mass is 429 g/mol.